The van der Waals surface area contributed by atoms with Gasteiger partial charge in [-0.25, -0.2) is 0 Å². The fraction of sp³-hybridized carbons (Fsp3) is 0.417. The summed E-state index contributed by atoms with van der Waals surface area (Å²) >= 11 is 1.96. The van der Waals surface area contributed by atoms with E-state index >= 15 is 0 Å². The van der Waals surface area contributed by atoms with Crippen LogP contribution in [-0.4, -0.2) is 11.5 Å². The van der Waals surface area contributed by atoms with E-state index in [1.807, 2.05) is 23.9 Å². The lowest BCUT2D eigenvalue weighted by Crippen LogP contribution is -1.89. The molecule has 0 bridgehead atoms. The molecule has 0 heterocycles. The maximum Gasteiger partial charge on any atom is 0.150 e. The minimum absolute atomic E-state index is 0.794. The number of carbonyl (C=O) groups excluding carboxylic acids is 1. The fourth-order valence-corrected chi connectivity index (χ4v) is 2.66. The summed E-state index contributed by atoms with van der Waals surface area (Å²) in [6, 6.07) is 6.01. The van der Waals surface area contributed by atoms with Crippen LogP contribution < -0.4 is 0 Å². The Labute approximate surface area is 88.9 Å². The Balaban J connectivity index is 2.23. The molecule has 0 radical (unpaired) electrons. The van der Waals surface area contributed by atoms with Crippen molar-refractivity contribution in [3.05, 3.63) is 29.3 Å². The number of benzene rings is 1. The van der Waals surface area contributed by atoms with Gasteiger partial charge in [-0.3, -0.25) is 4.79 Å². The molecule has 2 heteroatoms. The molecule has 0 N–H and O–H groups in total. The molecule has 74 valence electrons. The Hall–Kier alpha value is -0.760. The number of thioether (sulfide) groups is 1. The minimum atomic E-state index is 0.794. The maximum absolute atomic E-state index is 10.6. The van der Waals surface area contributed by atoms with Gasteiger partial charge < -0.3 is 0 Å². The molecule has 1 aromatic rings. The van der Waals surface area contributed by atoms with Crippen LogP contribution in [0.1, 0.15) is 35.7 Å². The van der Waals surface area contributed by atoms with Gasteiger partial charge in [0.15, 0.2) is 0 Å². The molecule has 2 rings (SSSR count). The summed E-state index contributed by atoms with van der Waals surface area (Å²) in [5.74, 6) is 0. The van der Waals surface area contributed by atoms with E-state index in [4.69, 9.17) is 0 Å². The SMILES string of the molecule is CCc1cc(C=O)ccc1SC1CC1. The van der Waals surface area contributed by atoms with Crippen LogP contribution in [0.25, 0.3) is 0 Å². The van der Waals surface area contributed by atoms with Crippen molar-refractivity contribution in [2.24, 2.45) is 0 Å². The lowest BCUT2D eigenvalue weighted by Gasteiger charge is -2.06. The molecule has 1 aromatic carbocycles. The fourth-order valence-electron chi connectivity index (χ4n) is 1.43. The lowest BCUT2D eigenvalue weighted by molar-refractivity contribution is 0.112. The molecule has 1 nitrogen and oxygen atoms in total. The number of rotatable bonds is 4. The van der Waals surface area contributed by atoms with Crippen LogP contribution in [0, 0.1) is 0 Å². The lowest BCUT2D eigenvalue weighted by atomic mass is 10.1. The van der Waals surface area contributed by atoms with E-state index in [9.17, 15) is 4.79 Å². The van der Waals surface area contributed by atoms with Gasteiger partial charge in [0.1, 0.15) is 6.29 Å². The molecule has 1 saturated carbocycles. The van der Waals surface area contributed by atoms with E-state index < -0.39 is 0 Å². The number of aryl methyl sites for hydroxylation is 1. The highest BCUT2D eigenvalue weighted by Crippen LogP contribution is 2.40. The van der Waals surface area contributed by atoms with E-state index in [0.717, 1.165) is 23.5 Å². The van der Waals surface area contributed by atoms with Gasteiger partial charge in [-0.2, -0.15) is 0 Å². The third-order valence-electron chi connectivity index (χ3n) is 2.42. The van der Waals surface area contributed by atoms with Gasteiger partial charge in [0.05, 0.1) is 0 Å². The van der Waals surface area contributed by atoms with Crippen LogP contribution in [0.15, 0.2) is 23.1 Å². The number of hydrogen-bond acceptors (Lipinski definition) is 2. The first kappa shape index (κ1) is 9.78. The monoisotopic (exact) mass is 206 g/mol. The predicted molar refractivity (Wildman–Crippen MR) is 60.1 cm³/mol. The average molecular weight is 206 g/mol. The van der Waals surface area contributed by atoms with Crippen LogP contribution in [0.3, 0.4) is 0 Å². The first-order chi connectivity index (χ1) is 6.83. The standard InChI is InChI=1S/C12H14OS/c1-2-10-7-9(8-13)3-6-12(10)14-11-4-5-11/h3,6-8,11H,2,4-5H2,1H3. The second kappa shape index (κ2) is 4.18. The smallest absolute Gasteiger partial charge is 0.150 e. The van der Waals surface area contributed by atoms with Crippen LogP contribution in [-0.2, 0) is 6.42 Å². The molecule has 0 unspecified atom stereocenters. The molecule has 1 fully saturated rings. The Morgan fingerprint density at radius 1 is 1.50 bits per heavy atom. The summed E-state index contributed by atoms with van der Waals surface area (Å²) in [5, 5.41) is 0.836. The highest BCUT2D eigenvalue weighted by atomic mass is 32.2. The van der Waals surface area contributed by atoms with Crippen LogP contribution in [0.2, 0.25) is 0 Å². The van der Waals surface area contributed by atoms with Crippen molar-refractivity contribution in [2.45, 2.75) is 36.3 Å². The number of aldehydes is 1. The van der Waals surface area contributed by atoms with Gasteiger partial charge >= 0.3 is 0 Å². The third-order valence-corrected chi connectivity index (χ3v) is 3.88. The van der Waals surface area contributed by atoms with Crippen molar-refractivity contribution < 1.29 is 4.79 Å². The highest BCUT2D eigenvalue weighted by Gasteiger charge is 2.23. The van der Waals surface area contributed by atoms with Crippen molar-refractivity contribution >= 4 is 18.0 Å². The van der Waals surface area contributed by atoms with Crippen molar-refractivity contribution in [2.75, 3.05) is 0 Å². The van der Waals surface area contributed by atoms with Gasteiger partial charge in [0.2, 0.25) is 0 Å². The van der Waals surface area contributed by atoms with Gasteiger partial charge in [0.25, 0.3) is 0 Å². The summed E-state index contributed by atoms with van der Waals surface area (Å²) in [6.07, 6.45) is 4.63. The topological polar surface area (TPSA) is 17.1 Å². The van der Waals surface area contributed by atoms with E-state index in [1.165, 1.54) is 23.3 Å². The summed E-state index contributed by atoms with van der Waals surface area (Å²) < 4.78 is 0. The van der Waals surface area contributed by atoms with E-state index in [-0.39, 0.29) is 0 Å². The van der Waals surface area contributed by atoms with Crippen molar-refractivity contribution in [3.8, 4) is 0 Å². The van der Waals surface area contributed by atoms with Gasteiger partial charge in [-0.15, -0.1) is 11.8 Å². The quantitative estimate of drug-likeness (QED) is 0.703. The second-order valence-electron chi connectivity index (χ2n) is 3.66. The first-order valence-corrected chi connectivity index (χ1v) is 5.96. The summed E-state index contributed by atoms with van der Waals surface area (Å²) in [7, 11) is 0. The normalized spacial score (nSPS) is 15.5. The second-order valence-corrected chi connectivity index (χ2v) is 5.00. The molecule has 1 aliphatic rings. The summed E-state index contributed by atoms with van der Waals surface area (Å²) in [4.78, 5) is 12.0. The molecule has 0 atom stereocenters. The number of carbonyl (C=O) groups is 1. The molecular weight excluding hydrogens is 192 g/mol. The zero-order valence-electron chi connectivity index (χ0n) is 8.32. The predicted octanol–water partition coefficient (Wildman–Crippen LogP) is 3.32. The summed E-state index contributed by atoms with van der Waals surface area (Å²) in [5.41, 5.74) is 2.11. The Bertz CT molecular complexity index is 342. The largest absolute Gasteiger partial charge is 0.298 e. The molecule has 0 amide bonds. The molecule has 1 aliphatic carbocycles. The van der Waals surface area contributed by atoms with Crippen LogP contribution >= 0.6 is 11.8 Å². The van der Waals surface area contributed by atoms with Crippen molar-refractivity contribution in [1.29, 1.82) is 0 Å². The Morgan fingerprint density at radius 3 is 2.86 bits per heavy atom. The van der Waals surface area contributed by atoms with Crippen molar-refractivity contribution in [1.82, 2.24) is 0 Å². The molecule has 0 aromatic heterocycles. The highest BCUT2D eigenvalue weighted by molar-refractivity contribution is 8.00. The third kappa shape index (κ3) is 2.18. The maximum atomic E-state index is 10.6. The molecular formula is C12H14OS. The minimum Gasteiger partial charge on any atom is -0.298 e. The average Bonchev–Trinajstić information content (AvgIpc) is 3.02. The van der Waals surface area contributed by atoms with Gasteiger partial charge in [0, 0.05) is 15.7 Å². The zero-order chi connectivity index (χ0) is 9.97. The number of hydrogen-bond donors (Lipinski definition) is 0. The van der Waals surface area contributed by atoms with Crippen LogP contribution in [0.5, 0.6) is 0 Å². The molecule has 14 heavy (non-hydrogen) atoms. The Kier molecular flexibility index (Phi) is 2.92. The molecule has 0 aliphatic heterocycles. The first-order valence-electron chi connectivity index (χ1n) is 5.08. The Morgan fingerprint density at radius 2 is 2.29 bits per heavy atom. The molecule has 0 saturated heterocycles. The molecule has 0 spiro atoms. The van der Waals surface area contributed by atoms with E-state index in [1.54, 1.807) is 0 Å². The summed E-state index contributed by atoms with van der Waals surface area (Å²) in [6.45, 7) is 2.14. The van der Waals surface area contributed by atoms with Crippen molar-refractivity contribution in [3.63, 3.8) is 0 Å². The van der Waals surface area contributed by atoms with Gasteiger partial charge in [-0.05, 0) is 37.0 Å². The van der Waals surface area contributed by atoms with E-state index in [2.05, 4.69) is 13.0 Å². The van der Waals surface area contributed by atoms with E-state index in [0.29, 0.717) is 0 Å². The van der Waals surface area contributed by atoms with Gasteiger partial charge in [-0.1, -0.05) is 13.0 Å². The van der Waals surface area contributed by atoms with Crippen LogP contribution in [0.4, 0.5) is 0 Å². The zero-order valence-corrected chi connectivity index (χ0v) is 9.14.